The summed E-state index contributed by atoms with van der Waals surface area (Å²) in [6.07, 6.45) is 1.95. The van der Waals surface area contributed by atoms with Crippen LogP contribution in [0.4, 0.5) is 5.82 Å². The van der Waals surface area contributed by atoms with Gasteiger partial charge in [0.05, 0.1) is 6.54 Å². The van der Waals surface area contributed by atoms with E-state index in [0.717, 1.165) is 63.2 Å². The van der Waals surface area contributed by atoms with Crippen molar-refractivity contribution in [3.63, 3.8) is 0 Å². The lowest BCUT2D eigenvalue weighted by atomic mass is 10.2. The minimum Gasteiger partial charge on any atom is -0.357 e. The molecule has 29 heavy (non-hydrogen) atoms. The van der Waals surface area contributed by atoms with Crippen LogP contribution in [-0.2, 0) is 13.1 Å². The number of rotatable bonds is 7. The number of nitrogens with one attached hydrogen (secondary N) is 2. The van der Waals surface area contributed by atoms with Crippen LogP contribution in [0.1, 0.15) is 25.0 Å². The van der Waals surface area contributed by atoms with E-state index in [2.05, 4.69) is 75.7 Å². The Morgan fingerprint density at radius 2 is 1.72 bits per heavy atom. The third-order valence-corrected chi connectivity index (χ3v) is 5.02. The molecule has 1 aliphatic rings. The predicted molar refractivity (Wildman–Crippen MR) is 132 cm³/mol. The van der Waals surface area contributed by atoms with Crippen molar-refractivity contribution < 1.29 is 0 Å². The first-order valence-corrected chi connectivity index (χ1v) is 10.3. The summed E-state index contributed by atoms with van der Waals surface area (Å²) in [5.41, 5.74) is 2.36. The average molecular weight is 508 g/mol. The van der Waals surface area contributed by atoms with Gasteiger partial charge in [0, 0.05) is 45.5 Å². The van der Waals surface area contributed by atoms with Gasteiger partial charge < -0.3 is 20.4 Å². The molecule has 1 fully saturated rings. The monoisotopic (exact) mass is 508 g/mol. The van der Waals surface area contributed by atoms with Gasteiger partial charge in [-0.2, -0.15) is 0 Å². The van der Waals surface area contributed by atoms with E-state index in [4.69, 9.17) is 4.99 Å². The molecule has 0 bridgehead atoms. The lowest BCUT2D eigenvalue weighted by Crippen LogP contribution is -2.46. The van der Waals surface area contributed by atoms with Crippen molar-refractivity contribution in [2.45, 2.75) is 26.9 Å². The number of pyridine rings is 1. The van der Waals surface area contributed by atoms with Crippen LogP contribution in [0.2, 0.25) is 0 Å². The molecule has 7 heteroatoms. The van der Waals surface area contributed by atoms with E-state index in [9.17, 15) is 0 Å². The Balaban J connectivity index is 0.00000300. The average Bonchev–Trinajstić information content (AvgIpc) is 2.77. The normalized spacial score (nSPS) is 15.0. The fourth-order valence-corrected chi connectivity index (χ4v) is 3.28. The molecule has 0 aliphatic carbocycles. The summed E-state index contributed by atoms with van der Waals surface area (Å²) in [5.74, 6) is 1.89. The summed E-state index contributed by atoms with van der Waals surface area (Å²) < 4.78 is 0. The first kappa shape index (κ1) is 23.4. The molecule has 1 aliphatic heterocycles. The van der Waals surface area contributed by atoms with Crippen molar-refractivity contribution in [1.29, 1.82) is 0 Å². The highest BCUT2D eigenvalue weighted by molar-refractivity contribution is 14.0. The largest absolute Gasteiger partial charge is 0.357 e. The second-order valence-electron chi connectivity index (χ2n) is 6.98. The number of hydrogen-bond acceptors (Lipinski definition) is 4. The van der Waals surface area contributed by atoms with Crippen molar-refractivity contribution >= 4 is 35.8 Å². The zero-order chi connectivity index (χ0) is 19.6. The molecule has 2 N–H and O–H groups in total. The Morgan fingerprint density at radius 1 is 0.966 bits per heavy atom. The van der Waals surface area contributed by atoms with E-state index >= 15 is 0 Å². The first-order chi connectivity index (χ1) is 13.8. The summed E-state index contributed by atoms with van der Waals surface area (Å²) in [6, 6.07) is 14.6. The van der Waals surface area contributed by atoms with Gasteiger partial charge in [0.25, 0.3) is 0 Å². The number of nitrogens with zero attached hydrogens (tertiary/aromatic N) is 4. The summed E-state index contributed by atoms with van der Waals surface area (Å²) in [6.45, 7) is 12.0. The summed E-state index contributed by atoms with van der Waals surface area (Å²) in [5, 5.41) is 6.69. The van der Waals surface area contributed by atoms with Crippen LogP contribution in [0.25, 0.3) is 0 Å². The van der Waals surface area contributed by atoms with Crippen LogP contribution < -0.4 is 15.5 Å². The number of anilines is 1. The van der Waals surface area contributed by atoms with Crippen LogP contribution in [0, 0.1) is 0 Å². The van der Waals surface area contributed by atoms with Crippen LogP contribution in [0.3, 0.4) is 0 Å². The molecule has 6 nitrogen and oxygen atoms in total. The van der Waals surface area contributed by atoms with E-state index in [-0.39, 0.29) is 24.0 Å². The summed E-state index contributed by atoms with van der Waals surface area (Å²) in [4.78, 5) is 14.2. The molecule has 1 saturated heterocycles. The van der Waals surface area contributed by atoms with Gasteiger partial charge in [-0.3, -0.25) is 0 Å². The number of hydrogen-bond donors (Lipinski definition) is 2. The molecular weight excluding hydrogens is 475 g/mol. The van der Waals surface area contributed by atoms with Gasteiger partial charge in [-0.1, -0.05) is 43.3 Å². The minimum atomic E-state index is 0. The molecular formula is C22H33IN6. The molecule has 0 amide bonds. The van der Waals surface area contributed by atoms with E-state index < -0.39 is 0 Å². The fraction of sp³-hybridized carbons (Fsp3) is 0.455. The minimum absolute atomic E-state index is 0. The summed E-state index contributed by atoms with van der Waals surface area (Å²) in [7, 11) is 0. The Bertz CT molecular complexity index is 727. The first-order valence-electron chi connectivity index (χ1n) is 10.3. The Hall–Kier alpha value is -1.87. The molecule has 1 aromatic carbocycles. The Kier molecular flexibility index (Phi) is 10.2. The highest BCUT2D eigenvalue weighted by atomic mass is 127. The third kappa shape index (κ3) is 7.47. The standard InChI is InChI=1S/C22H32N6.HI/c1-3-23-22(25-16-19-8-6-5-7-9-19)26-18-20-10-11-21(24-17-20)28-14-12-27(4-2)13-15-28;/h5-11,17H,3-4,12-16,18H2,1-2H3,(H2,23,25,26);1H. The van der Waals surface area contributed by atoms with Crippen LogP contribution in [0.15, 0.2) is 53.7 Å². The number of piperazine rings is 1. The lowest BCUT2D eigenvalue weighted by molar-refractivity contribution is 0.270. The maximum absolute atomic E-state index is 4.70. The third-order valence-electron chi connectivity index (χ3n) is 5.02. The number of likely N-dealkylation sites (N-methyl/N-ethyl adjacent to an activating group) is 1. The number of aromatic nitrogens is 1. The quantitative estimate of drug-likeness (QED) is 0.342. The fourth-order valence-electron chi connectivity index (χ4n) is 3.28. The van der Waals surface area contributed by atoms with Crippen molar-refractivity contribution in [3.8, 4) is 0 Å². The number of aliphatic imine (C=N–C) groups is 1. The molecule has 0 radical (unpaired) electrons. The molecule has 0 unspecified atom stereocenters. The Morgan fingerprint density at radius 3 is 2.34 bits per heavy atom. The van der Waals surface area contributed by atoms with E-state index in [1.807, 2.05) is 12.3 Å². The zero-order valence-corrected chi connectivity index (χ0v) is 19.8. The van der Waals surface area contributed by atoms with Crippen LogP contribution in [-0.4, -0.2) is 55.1 Å². The molecule has 2 aromatic rings. The molecule has 0 saturated carbocycles. The number of halogens is 1. The molecule has 0 spiro atoms. The van der Waals surface area contributed by atoms with Crippen molar-refractivity contribution in [3.05, 3.63) is 59.8 Å². The topological polar surface area (TPSA) is 55.8 Å². The predicted octanol–water partition coefficient (Wildman–Crippen LogP) is 3.10. The second-order valence-corrected chi connectivity index (χ2v) is 6.98. The zero-order valence-electron chi connectivity index (χ0n) is 17.5. The van der Waals surface area contributed by atoms with Gasteiger partial charge in [-0.25, -0.2) is 9.98 Å². The van der Waals surface area contributed by atoms with Gasteiger partial charge in [0.1, 0.15) is 5.82 Å². The number of benzene rings is 1. The van der Waals surface area contributed by atoms with Gasteiger partial charge in [-0.05, 0) is 30.7 Å². The maximum atomic E-state index is 4.70. The van der Waals surface area contributed by atoms with Crippen molar-refractivity contribution in [2.75, 3.05) is 44.2 Å². The molecule has 3 rings (SSSR count). The molecule has 158 valence electrons. The highest BCUT2D eigenvalue weighted by Crippen LogP contribution is 2.14. The van der Waals surface area contributed by atoms with Gasteiger partial charge in [-0.15, -0.1) is 24.0 Å². The number of guanidine groups is 1. The second kappa shape index (κ2) is 12.6. The highest BCUT2D eigenvalue weighted by Gasteiger charge is 2.16. The van der Waals surface area contributed by atoms with E-state index in [1.54, 1.807) is 0 Å². The van der Waals surface area contributed by atoms with Gasteiger partial charge in [0.2, 0.25) is 0 Å². The van der Waals surface area contributed by atoms with Gasteiger partial charge >= 0.3 is 0 Å². The van der Waals surface area contributed by atoms with E-state index in [1.165, 1.54) is 5.56 Å². The molecule has 1 aromatic heterocycles. The molecule has 0 atom stereocenters. The Labute approximate surface area is 191 Å². The SMILES string of the molecule is CCNC(=NCc1ccc(N2CCN(CC)CC2)nc1)NCc1ccccc1.I. The lowest BCUT2D eigenvalue weighted by Gasteiger charge is -2.34. The smallest absolute Gasteiger partial charge is 0.191 e. The van der Waals surface area contributed by atoms with Gasteiger partial charge in [0.15, 0.2) is 5.96 Å². The van der Waals surface area contributed by atoms with E-state index in [0.29, 0.717) is 6.54 Å². The van der Waals surface area contributed by atoms with Crippen molar-refractivity contribution in [1.82, 2.24) is 20.5 Å². The van der Waals surface area contributed by atoms with Crippen LogP contribution in [0.5, 0.6) is 0 Å². The van der Waals surface area contributed by atoms with Crippen molar-refractivity contribution in [2.24, 2.45) is 4.99 Å². The molecule has 2 heterocycles. The van der Waals surface area contributed by atoms with Crippen LogP contribution >= 0.6 is 24.0 Å². The summed E-state index contributed by atoms with van der Waals surface area (Å²) >= 11 is 0. The maximum Gasteiger partial charge on any atom is 0.191 e.